The van der Waals surface area contributed by atoms with Crippen LogP contribution in [0, 0.1) is 0 Å². The van der Waals surface area contributed by atoms with Crippen LogP contribution in [0.4, 0.5) is 18.9 Å². The van der Waals surface area contributed by atoms with Gasteiger partial charge in [-0.05, 0) is 18.2 Å². The molecule has 0 radical (unpaired) electrons. The van der Waals surface area contributed by atoms with Crippen molar-refractivity contribution in [3.8, 4) is 0 Å². The number of hydrogen-bond acceptors (Lipinski definition) is 3. The Balaban J connectivity index is 2.12. The summed E-state index contributed by atoms with van der Waals surface area (Å²) < 4.78 is 46.5. The van der Waals surface area contributed by atoms with Crippen LogP contribution in [0.3, 0.4) is 0 Å². The van der Waals surface area contributed by atoms with Gasteiger partial charge in [0.15, 0.2) is 0 Å². The van der Waals surface area contributed by atoms with Gasteiger partial charge in [0, 0.05) is 30.8 Å². The smallest absolute Gasteiger partial charge is 0.373 e. The fourth-order valence-corrected chi connectivity index (χ4v) is 3.25. The molecule has 3 nitrogen and oxygen atoms in total. The second-order valence-corrected chi connectivity index (χ2v) is 6.25. The van der Waals surface area contributed by atoms with Crippen LogP contribution in [0.1, 0.15) is 0 Å². The van der Waals surface area contributed by atoms with Gasteiger partial charge >= 0.3 is 6.18 Å². The summed E-state index contributed by atoms with van der Waals surface area (Å²) in [5, 5.41) is 0. The van der Waals surface area contributed by atoms with Gasteiger partial charge < -0.3 is 9.64 Å². The molecule has 2 aliphatic rings. The lowest BCUT2D eigenvalue weighted by atomic mass is 9.98. The van der Waals surface area contributed by atoms with Crippen LogP contribution >= 0.6 is 22.9 Å². The minimum Gasteiger partial charge on any atom is -0.373 e. The summed E-state index contributed by atoms with van der Waals surface area (Å²) in [6.45, 7) is 0. The van der Waals surface area contributed by atoms with Gasteiger partial charge in [0.05, 0.1) is 28.4 Å². The van der Waals surface area contributed by atoms with Crippen molar-refractivity contribution in [2.75, 3.05) is 12.0 Å². The SMILES string of the molecule is COC1C=CC(C(F)(F)F)=CC1=C1N(I)C=CN1c1ccccc1. The maximum absolute atomic E-state index is 13.1. The van der Waals surface area contributed by atoms with Gasteiger partial charge in [-0.2, -0.15) is 13.2 Å². The predicted molar refractivity (Wildman–Crippen MR) is 95.0 cm³/mol. The van der Waals surface area contributed by atoms with Crippen LogP contribution in [0.25, 0.3) is 0 Å². The number of methoxy groups -OCH3 is 1. The van der Waals surface area contributed by atoms with E-state index in [-0.39, 0.29) is 0 Å². The molecule has 0 amide bonds. The van der Waals surface area contributed by atoms with Crippen LogP contribution in [0.2, 0.25) is 0 Å². The van der Waals surface area contributed by atoms with E-state index in [2.05, 4.69) is 0 Å². The van der Waals surface area contributed by atoms with Crippen LogP contribution in [-0.4, -0.2) is 22.5 Å². The Kier molecular flexibility index (Phi) is 4.73. The standard InChI is InChI=1S/C17H14F3IN2O/c1-24-15-8-7-12(17(18,19)20)11-14(15)16-22(9-10-23(16)21)13-5-3-2-4-6-13/h2-11,15H,1H3. The maximum atomic E-state index is 13.1. The number of rotatable bonds is 2. The summed E-state index contributed by atoms with van der Waals surface area (Å²) in [7, 11) is 1.48. The summed E-state index contributed by atoms with van der Waals surface area (Å²) in [4.78, 5) is 1.84. The van der Waals surface area contributed by atoms with E-state index < -0.39 is 17.9 Å². The van der Waals surface area contributed by atoms with Crippen molar-refractivity contribution >= 4 is 28.6 Å². The van der Waals surface area contributed by atoms with Crippen molar-refractivity contribution < 1.29 is 17.9 Å². The molecule has 0 N–H and O–H groups in total. The Bertz CT molecular complexity index is 738. The zero-order valence-corrected chi connectivity index (χ0v) is 14.8. The zero-order valence-electron chi connectivity index (χ0n) is 12.7. The van der Waals surface area contributed by atoms with E-state index in [0.717, 1.165) is 17.8 Å². The number of hydrogen-bond donors (Lipinski definition) is 0. The number of benzene rings is 1. The van der Waals surface area contributed by atoms with E-state index in [4.69, 9.17) is 4.74 Å². The highest BCUT2D eigenvalue weighted by Gasteiger charge is 2.36. The average Bonchev–Trinajstić information content (AvgIpc) is 2.95. The van der Waals surface area contributed by atoms with Crippen LogP contribution in [-0.2, 0) is 4.74 Å². The summed E-state index contributed by atoms with van der Waals surface area (Å²) in [5.41, 5.74) is 0.625. The largest absolute Gasteiger partial charge is 0.416 e. The number of para-hydroxylation sites is 1. The number of halogens is 4. The lowest BCUT2D eigenvalue weighted by molar-refractivity contribution is -0.0885. The van der Waals surface area contributed by atoms with Gasteiger partial charge in [-0.3, -0.25) is 3.11 Å². The van der Waals surface area contributed by atoms with Gasteiger partial charge in [-0.25, -0.2) is 0 Å². The first-order valence-electron chi connectivity index (χ1n) is 7.13. The highest BCUT2D eigenvalue weighted by Crippen LogP contribution is 2.38. The quantitative estimate of drug-likeness (QED) is 0.474. The molecule has 1 aliphatic carbocycles. The van der Waals surface area contributed by atoms with Crippen LogP contribution in [0.5, 0.6) is 0 Å². The number of anilines is 1. The second kappa shape index (κ2) is 6.64. The molecule has 0 bridgehead atoms. The Morgan fingerprint density at radius 1 is 1.12 bits per heavy atom. The van der Waals surface area contributed by atoms with Crippen LogP contribution in [0.15, 0.2) is 77.9 Å². The zero-order chi connectivity index (χ0) is 17.3. The monoisotopic (exact) mass is 446 g/mol. The van der Waals surface area contributed by atoms with Crippen molar-refractivity contribution in [3.63, 3.8) is 0 Å². The number of nitrogens with zero attached hydrogens (tertiary/aromatic N) is 2. The van der Waals surface area contributed by atoms with Crippen molar-refractivity contribution in [3.05, 3.63) is 77.9 Å². The molecule has 0 spiro atoms. The van der Waals surface area contributed by atoms with E-state index in [9.17, 15) is 13.2 Å². The lowest BCUT2D eigenvalue weighted by Gasteiger charge is -2.28. The van der Waals surface area contributed by atoms with Gasteiger partial charge in [-0.15, -0.1) is 0 Å². The van der Waals surface area contributed by atoms with Gasteiger partial charge in [0.25, 0.3) is 0 Å². The predicted octanol–water partition coefficient (Wildman–Crippen LogP) is 4.91. The third kappa shape index (κ3) is 3.23. The summed E-state index contributed by atoms with van der Waals surface area (Å²) in [6.07, 6.45) is 2.30. The number of ether oxygens (including phenoxy) is 1. The molecule has 0 saturated heterocycles. The highest BCUT2D eigenvalue weighted by molar-refractivity contribution is 14.1. The molecule has 1 unspecified atom stereocenters. The van der Waals surface area contributed by atoms with E-state index in [0.29, 0.717) is 11.4 Å². The molecule has 1 aromatic carbocycles. The van der Waals surface area contributed by atoms with E-state index in [1.165, 1.54) is 13.2 Å². The summed E-state index contributed by atoms with van der Waals surface area (Å²) >= 11 is 2.05. The third-order valence-electron chi connectivity index (χ3n) is 3.72. The molecule has 0 fully saturated rings. The first kappa shape index (κ1) is 17.1. The van der Waals surface area contributed by atoms with E-state index in [1.807, 2.05) is 64.3 Å². The average molecular weight is 446 g/mol. The second-order valence-electron chi connectivity index (χ2n) is 5.21. The molecular weight excluding hydrogens is 432 g/mol. The molecule has 1 heterocycles. The minimum absolute atomic E-state index is 0.454. The fourth-order valence-electron chi connectivity index (χ4n) is 2.59. The number of alkyl halides is 3. The molecule has 24 heavy (non-hydrogen) atoms. The molecule has 126 valence electrons. The molecule has 0 saturated carbocycles. The maximum Gasteiger partial charge on any atom is 0.416 e. The summed E-state index contributed by atoms with van der Waals surface area (Å²) in [6, 6.07) is 9.45. The molecule has 0 aromatic heterocycles. The van der Waals surface area contributed by atoms with Crippen molar-refractivity contribution in [1.29, 1.82) is 0 Å². The van der Waals surface area contributed by atoms with E-state index in [1.54, 1.807) is 9.31 Å². The first-order chi connectivity index (χ1) is 11.4. The Labute approximate surface area is 151 Å². The molecule has 7 heteroatoms. The molecule has 3 rings (SSSR count). The van der Waals surface area contributed by atoms with Gasteiger partial charge in [0.1, 0.15) is 11.9 Å². The van der Waals surface area contributed by atoms with E-state index >= 15 is 0 Å². The Morgan fingerprint density at radius 3 is 2.46 bits per heavy atom. The Hall–Kier alpha value is -1.74. The van der Waals surface area contributed by atoms with Crippen LogP contribution < -0.4 is 4.90 Å². The fraction of sp³-hybridized carbons (Fsp3) is 0.176. The summed E-state index contributed by atoms with van der Waals surface area (Å²) in [5.74, 6) is 0.625. The van der Waals surface area contributed by atoms with Crippen molar-refractivity contribution in [2.24, 2.45) is 0 Å². The topological polar surface area (TPSA) is 15.7 Å². The molecule has 1 aliphatic heterocycles. The third-order valence-corrected chi connectivity index (χ3v) is 4.50. The molecular formula is C17H14F3IN2O. The first-order valence-corrected chi connectivity index (χ1v) is 8.10. The molecule has 1 atom stereocenters. The van der Waals surface area contributed by atoms with Gasteiger partial charge in [-0.1, -0.05) is 30.4 Å². The minimum atomic E-state index is -4.40. The van der Waals surface area contributed by atoms with Gasteiger partial charge in [0.2, 0.25) is 0 Å². The molecule has 1 aromatic rings. The van der Waals surface area contributed by atoms with Crippen molar-refractivity contribution in [2.45, 2.75) is 12.3 Å². The number of allylic oxidation sites excluding steroid dienone is 2. The Morgan fingerprint density at radius 2 is 1.83 bits per heavy atom. The highest BCUT2D eigenvalue weighted by atomic mass is 127. The van der Waals surface area contributed by atoms with Crippen molar-refractivity contribution in [1.82, 2.24) is 3.11 Å². The normalized spacial score (nSPS) is 23.9. The lowest BCUT2D eigenvalue weighted by Crippen LogP contribution is -2.26.